The molecule has 0 radical (unpaired) electrons. The van der Waals surface area contributed by atoms with Crippen LogP contribution in [0.2, 0.25) is 0 Å². The lowest BCUT2D eigenvalue weighted by molar-refractivity contribution is -0.147. The number of benzene rings is 1. The van der Waals surface area contributed by atoms with Crippen molar-refractivity contribution in [1.29, 1.82) is 0 Å². The van der Waals surface area contributed by atoms with E-state index in [2.05, 4.69) is 20.2 Å². The fraction of sp³-hybridized carbons (Fsp3) is 0.409. The predicted octanol–water partition coefficient (Wildman–Crippen LogP) is 3.92. The van der Waals surface area contributed by atoms with Gasteiger partial charge in [0, 0.05) is 51.2 Å². The summed E-state index contributed by atoms with van der Waals surface area (Å²) < 4.78 is 41.5. The van der Waals surface area contributed by atoms with E-state index < -0.39 is 12.0 Å². The first-order valence-corrected chi connectivity index (χ1v) is 10.5. The van der Waals surface area contributed by atoms with E-state index in [9.17, 15) is 18.0 Å². The lowest BCUT2D eigenvalue weighted by atomic mass is 10.1. The quantitative estimate of drug-likeness (QED) is 0.660. The number of aromatic nitrogens is 3. The monoisotopic (exact) mass is 446 g/mol. The highest BCUT2D eigenvalue weighted by Gasteiger charge is 2.38. The zero-order chi connectivity index (χ0) is 22.9. The van der Waals surface area contributed by atoms with Crippen molar-refractivity contribution in [3.05, 3.63) is 53.5 Å². The van der Waals surface area contributed by atoms with Crippen LogP contribution in [0.4, 0.5) is 23.7 Å². The Kier molecular flexibility index (Phi) is 6.05. The smallest absolute Gasteiger partial charge is 0.322 e. The van der Waals surface area contributed by atoms with Crippen molar-refractivity contribution < 1.29 is 18.0 Å². The Balaban J connectivity index is 1.36. The maximum atomic E-state index is 13.4. The molecule has 1 aliphatic rings. The van der Waals surface area contributed by atoms with Crippen LogP contribution in [0.25, 0.3) is 11.2 Å². The second-order valence-corrected chi connectivity index (χ2v) is 8.01. The van der Waals surface area contributed by atoms with E-state index in [1.54, 1.807) is 11.0 Å². The average Bonchev–Trinajstić information content (AvgIpc) is 3.14. The number of rotatable bonds is 4. The van der Waals surface area contributed by atoms with Crippen molar-refractivity contribution in [3.8, 4) is 0 Å². The number of hydrogen-bond donors (Lipinski definition) is 1. The molecule has 4 rings (SSSR count). The van der Waals surface area contributed by atoms with Crippen LogP contribution >= 0.6 is 0 Å². The summed E-state index contributed by atoms with van der Waals surface area (Å²) in [5.74, 6) is -0.933. The van der Waals surface area contributed by atoms with Crippen molar-refractivity contribution in [1.82, 2.24) is 24.3 Å². The summed E-state index contributed by atoms with van der Waals surface area (Å²) in [7, 11) is 0. The van der Waals surface area contributed by atoms with Crippen LogP contribution in [0.5, 0.6) is 0 Å². The molecule has 32 heavy (non-hydrogen) atoms. The second kappa shape index (κ2) is 8.78. The zero-order valence-corrected chi connectivity index (χ0v) is 18.0. The molecule has 7 nitrogen and oxygen atoms in total. The molecule has 2 amide bonds. The molecule has 1 aliphatic heterocycles. The summed E-state index contributed by atoms with van der Waals surface area (Å²) in [6.07, 6.45) is -3.08. The minimum absolute atomic E-state index is 0.122. The number of alkyl halides is 3. The van der Waals surface area contributed by atoms with E-state index in [0.717, 1.165) is 21.4 Å². The van der Waals surface area contributed by atoms with Gasteiger partial charge < -0.3 is 14.8 Å². The number of nitrogens with zero attached hydrogens (tertiary/aromatic N) is 5. The number of aryl methyl sites for hydroxylation is 2. The molecule has 1 aromatic carbocycles. The lowest BCUT2D eigenvalue weighted by Gasteiger charge is -2.35. The molecule has 3 heterocycles. The maximum Gasteiger partial charge on any atom is 0.449 e. The van der Waals surface area contributed by atoms with E-state index in [4.69, 9.17) is 0 Å². The molecular formula is C22H25F3N6O. The van der Waals surface area contributed by atoms with E-state index >= 15 is 0 Å². The highest BCUT2D eigenvalue weighted by Crippen LogP contribution is 2.30. The van der Waals surface area contributed by atoms with Crippen LogP contribution in [-0.4, -0.2) is 63.1 Å². The molecule has 3 aromatic rings. The first-order chi connectivity index (χ1) is 15.2. The van der Waals surface area contributed by atoms with Crippen LogP contribution < -0.4 is 5.32 Å². The van der Waals surface area contributed by atoms with Gasteiger partial charge in [0.2, 0.25) is 5.82 Å². The zero-order valence-electron chi connectivity index (χ0n) is 18.0. The molecule has 170 valence electrons. The number of urea groups is 1. The number of carbonyl (C=O) groups excluding carboxylic acids is 1. The molecule has 1 saturated heterocycles. The highest BCUT2D eigenvalue weighted by molar-refractivity contribution is 5.90. The molecular weight excluding hydrogens is 421 g/mol. The number of hydrogen-bond acceptors (Lipinski definition) is 4. The summed E-state index contributed by atoms with van der Waals surface area (Å²) in [5.41, 5.74) is 3.30. The number of imidazole rings is 1. The molecule has 1 fully saturated rings. The third kappa shape index (κ3) is 4.69. The molecule has 1 N–H and O–H groups in total. The van der Waals surface area contributed by atoms with Crippen molar-refractivity contribution in [3.63, 3.8) is 0 Å². The van der Waals surface area contributed by atoms with Gasteiger partial charge in [-0.2, -0.15) is 13.2 Å². The van der Waals surface area contributed by atoms with E-state index in [0.29, 0.717) is 32.7 Å². The first kappa shape index (κ1) is 22.1. The number of pyridine rings is 1. The number of nitrogens with one attached hydrogen (secondary N) is 1. The van der Waals surface area contributed by atoms with Crippen LogP contribution in [-0.2, 0) is 12.7 Å². The van der Waals surface area contributed by atoms with Crippen molar-refractivity contribution in [2.45, 2.75) is 26.6 Å². The Labute approximate surface area is 183 Å². The number of halogens is 3. The second-order valence-electron chi connectivity index (χ2n) is 8.01. The number of anilines is 1. The van der Waals surface area contributed by atoms with E-state index in [-0.39, 0.29) is 23.7 Å². The highest BCUT2D eigenvalue weighted by atomic mass is 19.4. The maximum absolute atomic E-state index is 13.4. The Morgan fingerprint density at radius 3 is 2.56 bits per heavy atom. The van der Waals surface area contributed by atoms with Gasteiger partial charge in [0.15, 0.2) is 5.65 Å². The summed E-state index contributed by atoms with van der Waals surface area (Å²) in [4.78, 5) is 24.2. The van der Waals surface area contributed by atoms with Gasteiger partial charge >= 0.3 is 12.2 Å². The predicted molar refractivity (Wildman–Crippen MR) is 115 cm³/mol. The molecule has 0 atom stereocenters. The van der Waals surface area contributed by atoms with Crippen LogP contribution in [0.1, 0.15) is 17.0 Å². The minimum atomic E-state index is -4.55. The fourth-order valence-corrected chi connectivity index (χ4v) is 3.87. The van der Waals surface area contributed by atoms with Crippen molar-refractivity contribution in [2.24, 2.45) is 0 Å². The summed E-state index contributed by atoms with van der Waals surface area (Å²) >= 11 is 0. The van der Waals surface area contributed by atoms with E-state index in [1.807, 2.05) is 32.0 Å². The van der Waals surface area contributed by atoms with Crippen LogP contribution in [0.15, 0.2) is 36.5 Å². The Morgan fingerprint density at radius 1 is 1.09 bits per heavy atom. The topological polar surface area (TPSA) is 66.3 Å². The van der Waals surface area contributed by atoms with E-state index in [1.165, 1.54) is 12.3 Å². The number of carbonyl (C=O) groups is 1. The van der Waals surface area contributed by atoms with Crippen LogP contribution in [0.3, 0.4) is 0 Å². The largest absolute Gasteiger partial charge is 0.449 e. The normalized spacial score (nSPS) is 15.3. The standard InChI is InChI=1S/C22H25F3N6O/c1-15-5-6-16(2)18(14-15)28-21(32)30-11-8-29(9-12-30)10-13-31-19-17(4-3-7-26-19)27-20(31)22(23,24)25/h3-7,14H,8-13H2,1-2H3,(H,28,32). The number of fused-ring (bicyclic) bond motifs is 1. The lowest BCUT2D eigenvalue weighted by Crippen LogP contribution is -2.50. The fourth-order valence-electron chi connectivity index (χ4n) is 3.87. The molecule has 10 heteroatoms. The summed E-state index contributed by atoms with van der Waals surface area (Å²) in [6, 6.07) is 8.83. The van der Waals surface area contributed by atoms with Gasteiger partial charge in [-0.05, 0) is 43.2 Å². The Bertz CT molecular complexity index is 1120. The molecule has 0 unspecified atom stereocenters. The molecule has 2 aromatic heterocycles. The molecule has 0 spiro atoms. The number of piperazine rings is 1. The van der Waals surface area contributed by atoms with Crippen molar-refractivity contribution in [2.75, 3.05) is 38.0 Å². The van der Waals surface area contributed by atoms with Gasteiger partial charge in [0.05, 0.1) is 0 Å². The average molecular weight is 446 g/mol. The minimum Gasteiger partial charge on any atom is -0.322 e. The Morgan fingerprint density at radius 2 is 1.84 bits per heavy atom. The van der Waals surface area contributed by atoms with Gasteiger partial charge in [-0.25, -0.2) is 14.8 Å². The third-order valence-corrected chi connectivity index (χ3v) is 5.69. The number of amides is 2. The van der Waals surface area contributed by atoms with Gasteiger partial charge in [-0.15, -0.1) is 0 Å². The molecule has 0 bridgehead atoms. The van der Waals surface area contributed by atoms with Gasteiger partial charge in [0.25, 0.3) is 0 Å². The first-order valence-electron chi connectivity index (χ1n) is 10.5. The van der Waals surface area contributed by atoms with Gasteiger partial charge in [-0.3, -0.25) is 4.90 Å². The molecule has 0 aliphatic carbocycles. The third-order valence-electron chi connectivity index (χ3n) is 5.69. The SMILES string of the molecule is Cc1ccc(C)c(NC(=O)N2CCN(CCn3c(C(F)(F)F)nc4cccnc43)CC2)c1. The van der Waals surface area contributed by atoms with Crippen LogP contribution in [0, 0.1) is 13.8 Å². The summed E-state index contributed by atoms with van der Waals surface area (Å²) in [6.45, 7) is 6.63. The van der Waals surface area contributed by atoms with Crippen molar-refractivity contribution >= 4 is 22.9 Å². The summed E-state index contributed by atoms with van der Waals surface area (Å²) in [5, 5.41) is 2.96. The molecule has 0 saturated carbocycles. The Hall–Kier alpha value is -3.14. The van der Waals surface area contributed by atoms with Gasteiger partial charge in [-0.1, -0.05) is 12.1 Å². The van der Waals surface area contributed by atoms with Gasteiger partial charge in [0.1, 0.15) is 5.52 Å².